The highest BCUT2D eigenvalue weighted by atomic mass is 16.5. The number of aliphatic hydroxyl groups excluding tert-OH is 1. The van der Waals surface area contributed by atoms with Gasteiger partial charge in [0.05, 0.1) is 19.5 Å². The number of aliphatic hydroxyl groups is 1. The number of rotatable bonds is 6. The summed E-state index contributed by atoms with van der Waals surface area (Å²) in [6.07, 6.45) is 1.18. The minimum Gasteiger partial charge on any atom is -0.497 e. The minimum atomic E-state index is -0.576. The van der Waals surface area contributed by atoms with E-state index in [9.17, 15) is 5.11 Å². The molecule has 1 unspecified atom stereocenters. The fraction of sp³-hybridized carbons (Fsp3) is 0.222. The van der Waals surface area contributed by atoms with Gasteiger partial charge in [-0.1, -0.05) is 30.3 Å². The maximum atomic E-state index is 10.2. The second-order valence-corrected chi connectivity index (χ2v) is 5.18. The van der Waals surface area contributed by atoms with E-state index < -0.39 is 6.10 Å². The summed E-state index contributed by atoms with van der Waals surface area (Å²) in [7, 11) is 1.62. The summed E-state index contributed by atoms with van der Waals surface area (Å²) in [6.45, 7) is 1.12. The van der Waals surface area contributed by atoms with Crippen LogP contribution < -0.4 is 10.1 Å². The van der Waals surface area contributed by atoms with E-state index in [0.29, 0.717) is 13.1 Å². The molecule has 0 aliphatic rings. The lowest BCUT2D eigenvalue weighted by atomic mass is 10.1. The third-order valence-corrected chi connectivity index (χ3v) is 3.69. The van der Waals surface area contributed by atoms with E-state index in [2.05, 4.69) is 5.32 Å². The van der Waals surface area contributed by atoms with Gasteiger partial charge in [0.25, 0.3) is 0 Å². The number of ether oxygens (including phenoxy) is 1. The number of benzene rings is 2. The molecule has 4 heteroatoms. The van der Waals surface area contributed by atoms with Crippen molar-refractivity contribution >= 4 is 11.0 Å². The van der Waals surface area contributed by atoms with Gasteiger partial charge < -0.3 is 19.6 Å². The van der Waals surface area contributed by atoms with Crippen LogP contribution in [0.4, 0.5) is 0 Å². The molecule has 1 heterocycles. The van der Waals surface area contributed by atoms with Gasteiger partial charge in [0.1, 0.15) is 11.3 Å². The Balaban J connectivity index is 1.60. The minimum absolute atomic E-state index is 0.465. The van der Waals surface area contributed by atoms with E-state index in [4.69, 9.17) is 9.15 Å². The smallest absolute Gasteiger partial charge is 0.134 e. The fourth-order valence-corrected chi connectivity index (χ4v) is 2.48. The maximum Gasteiger partial charge on any atom is 0.134 e. The summed E-state index contributed by atoms with van der Waals surface area (Å²) >= 11 is 0. The lowest BCUT2D eigenvalue weighted by molar-refractivity contribution is 0.174. The van der Waals surface area contributed by atoms with Crippen molar-refractivity contribution in [3.8, 4) is 5.75 Å². The number of nitrogens with one attached hydrogen (secondary N) is 1. The molecular formula is C18H19NO3. The predicted octanol–water partition coefficient (Wildman–Crippen LogP) is 3.26. The molecule has 0 aliphatic carbocycles. The first-order valence-corrected chi connectivity index (χ1v) is 7.26. The molecule has 3 aromatic rings. The van der Waals surface area contributed by atoms with E-state index in [0.717, 1.165) is 27.8 Å². The number of fused-ring (bicyclic) bond motifs is 1. The van der Waals surface area contributed by atoms with E-state index >= 15 is 0 Å². The van der Waals surface area contributed by atoms with Gasteiger partial charge in [-0.15, -0.1) is 0 Å². The Labute approximate surface area is 129 Å². The van der Waals surface area contributed by atoms with E-state index in [1.807, 2.05) is 48.5 Å². The van der Waals surface area contributed by atoms with Crippen LogP contribution in [0.1, 0.15) is 17.2 Å². The zero-order valence-corrected chi connectivity index (χ0v) is 12.5. The average molecular weight is 297 g/mol. The van der Waals surface area contributed by atoms with Crippen LogP contribution >= 0.6 is 0 Å². The average Bonchev–Trinajstić information content (AvgIpc) is 2.98. The van der Waals surface area contributed by atoms with Gasteiger partial charge in [0, 0.05) is 24.0 Å². The highest BCUT2D eigenvalue weighted by molar-refractivity contribution is 5.80. The van der Waals surface area contributed by atoms with Crippen molar-refractivity contribution in [2.45, 2.75) is 12.6 Å². The van der Waals surface area contributed by atoms with Crippen LogP contribution in [0, 0.1) is 0 Å². The molecule has 0 fully saturated rings. The first-order chi connectivity index (χ1) is 10.8. The molecule has 0 saturated heterocycles. The molecule has 0 spiro atoms. The summed E-state index contributed by atoms with van der Waals surface area (Å²) in [5.41, 5.74) is 2.81. The SMILES string of the molecule is COc1cccc(C(O)CNCc2coc3ccccc23)c1. The standard InChI is InChI=1S/C18H19NO3/c1-21-15-6-4-5-13(9-15)17(20)11-19-10-14-12-22-18-8-3-2-7-16(14)18/h2-9,12,17,19-20H,10-11H2,1H3. The number of furan rings is 1. The monoisotopic (exact) mass is 297 g/mol. The summed E-state index contributed by atoms with van der Waals surface area (Å²) in [5.74, 6) is 0.748. The number of hydrogen-bond acceptors (Lipinski definition) is 4. The Morgan fingerprint density at radius 2 is 2.05 bits per heavy atom. The third-order valence-electron chi connectivity index (χ3n) is 3.69. The summed E-state index contributed by atoms with van der Waals surface area (Å²) in [5, 5.41) is 14.6. The summed E-state index contributed by atoms with van der Waals surface area (Å²) in [4.78, 5) is 0. The molecule has 1 aromatic heterocycles. The van der Waals surface area contributed by atoms with Crippen molar-refractivity contribution in [3.05, 3.63) is 65.9 Å². The maximum absolute atomic E-state index is 10.2. The van der Waals surface area contributed by atoms with Crippen LogP contribution in [-0.4, -0.2) is 18.8 Å². The predicted molar refractivity (Wildman–Crippen MR) is 85.9 cm³/mol. The molecule has 0 aliphatic heterocycles. The van der Waals surface area contributed by atoms with Crippen molar-refractivity contribution in [2.24, 2.45) is 0 Å². The van der Waals surface area contributed by atoms with E-state index in [-0.39, 0.29) is 0 Å². The Morgan fingerprint density at radius 3 is 2.91 bits per heavy atom. The van der Waals surface area contributed by atoms with Crippen LogP contribution in [0.5, 0.6) is 5.75 Å². The van der Waals surface area contributed by atoms with Gasteiger partial charge in [-0.3, -0.25) is 0 Å². The molecule has 0 radical (unpaired) electrons. The number of hydrogen-bond donors (Lipinski definition) is 2. The van der Waals surface area contributed by atoms with Crippen LogP contribution in [0.15, 0.2) is 59.2 Å². The quantitative estimate of drug-likeness (QED) is 0.733. The number of methoxy groups -OCH3 is 1. The second kappa shape index (κ2) is 6.64. The first-order valence-electron chi connectivity index (χ1n) is 7.26. The fourth-order valence-electron chi connectivity index (χ4n) is 2.48. The molecule has 2 aromatic carbocycles. The van der Waals surface area contributed by atoms with Crippen molar-refractivity contribution in [1.29, 1.82) is 0 Å². The Morgan fingerprint density at radius 1 is 1.18 bits per heavy atom. The zero-order chi connectivity index (χ0) is 15.4. The lowest BCUT2D eigenvalue weighted by Gasteiger charge is -2.13. The molecule has 0 bridgehead atoms. The van der Waals surface area contributed by atoms with Crippen LogP contribution in [0.2, 0.25) is 0 Å². The molecule has 114 valence electrons. The van der Waals surface area contributed by atoms with E-state index in [1.165, 1.54) is 0 Å². The van der Waals surface area contributed by atoms with Gasteiger partial charge in [0.2, 0.25) is 0 Å². The summed E-state index contributed by atoms with van der Waals surface area (Å²) < 4.78 is 10.7. The van der Waals surface area contributed by atoms with Gasteiger partial charge >= 0.3 is 0 Å². The van der Waals surface area contributed by atoms with Gasteiger partial charge in [-0.25, -0.2) is 0 Å². The summed E-state index contributed by atoms with van der Waals surface area (Å²) in [6, 6.07) is 15.4. The lowest BCUT2D eigenvalue weighted by Crippen LogP contribution is -2.20. The largest absolute Gasteiger partial charge is 0.497 e. The molecule has 22 heavy (non-hydrogen) atoms. The number of para-hydroxylation sites is 1. The molecule has 1 atom stereocenters. The highest BCUT2D eigenvalue weighted by Crippen LogP contribution is 2.21. The Kier molecular flexibility index (Phi) is 4.42. The zero-order valence-electron chi connectivity index (χ0n) is 12.5. The van der Waals surface area contributed by atoms with Gasteiger partial charge in [0.15, 0.2) is 0 Å². The Hall–Kier alpha value is -2.30. The van der Waals surface area contributed by atoms with Crippen molar-refractivity contribution in [2.75, 3.05) is 13.7 Å². The van der Waals surface area contributed by atoms with Crippen molar-refractivity contribution < 1.29 is 14.3 Å². The Bertz CT molecular complexity index is 751. The van der Waals surface area contributed by atoms with Crippen molar-refractivity contribution in [3.63, 3.8) is 0 Å². The van der Waals surface area contributed by atoms with Gasteiger partial charge in [-0.05, 0) is 23.8 Å². The topological polar surface area (TPSA) is 54.6 Å². The molecule has 4 nitrogen and oxygen atoms in total. The van der Waals surface area contributed by atoms with Crippen LogP contribution in [0.3, 0.4) is 0 Å². The molecular weight excluding hydrogens is 278 g/mol. The molecule has 3 rings (SSSR count). The highest BCUT2D eigenvalue weighted by Gasteiger charge is 2.09. The molecule has 0 amide bonds. The third kappa shape index (κ3) is 3.13. The first kappa shape index (κ1) is 14.6. The molecule has 2 N–H and O–H groups in total. The second-order valence-electron chi connectivity index (χ2n) is 5.18. The van der Waals surface area contributed by atoms with Crippen molar-refractivity contribution in [1.82, 2.24) is 5.32 Å². The van der Waals surface area contributed by atoms with E-state index in [1.54, 1.807) is 13.4 Å². The molecule has 0 saturated carbocycles. The van der Waals surface area contributed by atoms with Crippen LogP contribution in [-0.2, 0) is 6.54 Å². The van der Waals surface area contributed by atoms with Gasteiger partial charge in [-0.2, -0.15) is 0 Å². The van der Waals surface area contributed by atoms with Crippen LogP contribution in [0.25, 0.3) is 11.0 Å². The normalized spacial score (nSPS) is 12.5.